The number of aliphatic carboxylic acids is 2. The van der Waals surface area contributed by atoms with Crippen molar-refractivity contribution in [2.24, 2.45) is 17.3 Å². The molecule has 0 spiro atoms. The Balaban J connectivity index is 1.42. The standard InChI is InChI=1S/C26H31Cl2NO6S/c1-26(15-4-2-3-5-15)12-14-11-18(21(27)22(28)20(14)23(26)32)36-16-7-6-13(10-16)24(33)29-17(25(34)35)8-9-19(30)31/h11,13,15-17H,2-10,12H2,1H3,(H,29,33)(H,30,31)(H,34,35)/t13-,16-,17?,26?/m0/s1. The number of thioether (sulfide) groups is 1. The number of hydrogen-bond donors (Lipinski definition) is 3. The highest BCUT2D eigenvalue weighted by atomic mass is 35.5. The molecule has 3 N–H and O–H groups in total. The molecule has 0 aliphatic heterocycles. The maximum absolute atomic E-state index is 13.4. The SMILES string of the molecule is CC1(C2CCCC2)Cc2cc(S[C@H]3CC[C@H](C(=O)NC(CCC(=O)O)C(=O)O)C3)c(Cl)c(Cl)c2C1=O. The minimum atomic E-state index is -1.24. The second-order valence-corrected chi connectivity index (χ2v) is 12.6. The number of benzene rings is 1. The average Bonchev–Trinajstić information content (AvgIpc) is 3.56. The van der Waals surface area contributed by atoms with Crippen LogP contribution in [0.5, 0.6) is 0 Å². The number of amides is 1. The van der Waals surface area contributed by atoms with Crippen molar-refractivity contribution in [3.05, 3.63) is 27.2 Å². The van der Waals surface area contributed by atoms with Crippen LogP contribution in [-0.4, -0.2) is 45.1 Å². The zero-order valence-electron chi connectivity index (χ0n) is 20.1. The van der Waals surface area contributed by atoms with Crippen LogP contribution in [0, 0.1) is 17.3 Å². The van der Waals surface area contributed by atoms with Crippen LogP contribution in [-0.2, 0) is 20.8 Å². The Bertz CT molecular complexity index is 1090. The molecule has 0 bridgehead atoms. The van der Waals surface area contributed by atoms with Gasteiger partial charge in [0.05, 0.1) is 10.0 Å². The highest BCUT2D eigenvalue weighted by molar-refractivity contribution is 8.00. The molecule has 3 aliphatic carbocycles. The largest absolute Gasteiger partial charge is 0.481 e. The fourth-order valence-electron chi connectivity index (χ4n) is 6.06. The van der Waals surface area contributed by atoms with E-state index in [-0.39, 0.29) is 35.7 Å². The lowest BCUT2D eigenvalue weighted by Crippen LogP contribution is -2.43. The number of nitrogens with one attached hydrogen (secondary N) is 1. The Labute approximate surface area is 224 Å². The third kappa shape index (κ3) is 5.41. The molecule has 2 fully saturated rings. The van der Waals surface area contributed by atoms with Crippen molar-refractivity contribution < 1.29 is 29.4 Å². The summed E-state index contributed by atoms with van der Waals surface area (Å²) < 4.78 is 0. The van der Waals surface area contributed by atoms with Crippen molar-refractivity contribution in [3.63, 3.8) is 0 Å². The molecule has 196 valence electrons. The Kier molecular flexibility index (Phi) is 8.27. The molecule has 3 aliphatic rings. The van der Waals surface area contributed by atoms with Gasteiger partial charge in [-0.15, -0.1) is 11.8 Å². The number of halogens is 2. The lowest BCUT2D eigenvalue weighted by molar-refractivity contribution is -0.143. The molecule has 0 aromatic heterocycles. The van der Waals surface area contributed by atoms with Gasteiger partial charge >= 0.3 is 11.9 Å². The molecule has 0 radical (unpaired) electrons. The minimum absolute atomic E-state index is 0.0907. The average molecular weight is 557 g/mol. The Morgan fingerprint density at radius 1 is 1.14 bits per heavy atom. The first kappa shape index (κ1) is 27.3. The van der Waals surface area contributed by atoms with Gasteiger partial charge in [-0.05, 0) is 62.5 Å². The van der Waals surface area contributed by atoms with E-state index in [2.05, 4.69) is 12.2 Å². The van der Waals surface area contributed by atoms with Gasteiger partial charge < -0.3 is 15.5 Å². The minimum Gasteiger partial charge on any atom is -0.481 e. The van der Waals surface area contributed by atoms with Gasteiger partial charge in [0.1, 0.15) is 6.04 Å². The number of carbonyl (C=O) groups is 4. The summed E-state index contributed by atoms with van der Waals surface area (Å²) in [6.07, 6.45) is 6.50. The van der Waals surface area contributed by atoms with E-state index in [0.29, 0.717) is 40.8 Å². The summed E-state index contributed by atoms with van der Waals surface area (Å²) in [6.45, 7) is 2.06. The summed E-state index contributed by atoms with van der Waals surface area (Å²) in [6, 6.07) is 0.767. The molecule has 4 rings (SSSR count). The molecule has 0 heterocycles. The molecule has 2 saturated carbocycles. The van der Waals surface area contributed by atoms with E-state index >= 15 is 0 Å². The fraction of sp³-hybridized carbons (Fsp3) is 0.615. The van der Waals surface area contributed by atoms with E-state index in [0.717, 1.165) is 42.6 Å². The van der Waals surface area contributed by atoms with Gasteiger partial charge in [-0.2, -0.15) is 0 Å². The van der Waals surface area contributed by atoms with Gasteiger partial charge in [0, 0.05) is 33.5 Å². The number of carboxylic acid groups (broad SMARTS) is 2. The highest BCUT2D eigenvalue weighted by Gasteiger charge is 2.49. The number of hydrogen-bond acceptors (Lipinski definition) is 5. The van der Waals surface area contributed by atoms with E-state index in [1.807, 2.05) is 6.07 Å². The van der Waals surface area contributed by atoms with Gasteiger partial charge in [-0.1, -0.05) is 43.0 Å². The molecule has 4 atom stereocenters. The van der Waals surface area contributed by atoms with Gasteiger partial charge in [0.15, 0.2) is 5.78 Å². The summed E-state index contributed by atoms with van der Waals surface area (Å²) in [4.78, 5) is 49.1. The number of carboxylic acids is 2. The smallest absolute Gasteiger partial charge is 0.326 e. The van der Waals surface area contributed by atoms with Crippen LogP contribution in [0.2, 0.25) is 10.0 Å². The molecule has 1 aromatic carbocycles. The van der Waals surface area contributed by atoms with Crippen LogP contribution < -0.4 is 5.32 Å². The normalized spacial score (nSPS) is 26.7. The van der Waals surface area contributed by atoms with Crippen LogP contribution in [0.15, 0.2) is 11.0 Å². The molecular formula is C26H31Cl2NO6S. The number of carbonyl (C=O) groups excluding carboxylic acids is 2. The lowest BCUT2D eigenvalue weighted by atomic mass is 9.73. The van der Waals surface area contributed by atoms with Crippen LogP contribution in [0.3, 0.4) is 0 Å². The van der Waals surface area contributed by atoms with Crippen molar-refractivity contribution in [3.8, 4) is 0 Å². The van der Waals surface area contributed by atoms with Crippen molar-refractivity contribution in [2.75, 3.05) is 0 Å². The quantitative estimate of drug-likeness (QED) is 0.361. The lowest BCUT2D eigenvalue weighted by Gasteiger charge is -2.29. The van der Waals surface area contributed by atoms with Crippen LogP contribution in [0.1, 0.15) is 80.6 Å². The molecule has 0 saturated heterocycles. The van der Waals surface area contributed by atoms with Crippen molar-refractivity contribution in [1.29, 1.82) is 0 Å². The molecule has 2 unspecified atom stereocenters. The van der Waals surface area contributed by atoms with Crippen LogP contribution in [0.25, 0.3) is 0 Å². The first-order valence-corrected chi connectivity index (χ1v) is 14.1. The van der Waals surface area contributed by atoms with Crippen LogP contribution >= 0.6 is 35.0 Å². The van der Waals surface area contributed by atoms with Gasteiger partial charge in [0.2, 0.25) is 5.91 Å². The topological polar surface area (TPSA) is 121 Å². The number of fused-ring (bicyclic) bond motifs is 1. The first-order valence-electron chi connectivity index (χ1n) is 12.5. The van der Waals surface area contributed by atoms with Gasteiger partial charge in [0.25, 0.3) is 0 Å². The summed E-state index contributed by atoms with van der Waals surface area (Å²) in [7, 11) is 0. The Hall–Kier alpha value is -1.77. The van der Waals surface area contributed by atoms with E-state index < -0.39 is 23.4 Å². The van der Waals surface area contributed by atoms with Crippen LogP contribution in [0.4, 0.5) is 0 Å². The van der Waals surface area contributed by atoms with E-state index in [1.54, 1.807) is 11.8 Å². The van der Waals surface area contributed by atoms with Gasteiger partial charge in [-0.25, -0.2) is 4.79 Å². The fourth-order valence-corrected chi connectivity index (χ4v) is 8.06. The summed E-state index contributed by atoms with van der Waals surface area (Å²) in [5, 5.41) is 21.4. The monoisotopic (exact) mass is 555 g/mol. The summed E-state index contributed by atoms with van der Waals surface area (Å²) in [5.41, 5.74) is 1.07. The maximum atomic E-state index is 13.4. The zero-order valence-corrected chi connectivity index (χ0v) is 22.5. The van der Waals surface area contributed by atoms with Gasteiger partial charge in [-0.3, -0.25) is 14.4 Å². The van der Waals surface area contributed by atoms with E-state index in [9.17, 15) is 24.3 Å². The predicted molar refractivity (Wildman–Crippen MR) is 138 cm³/mol. The number of ketones is 1. The van der Waals surface area contributed by atoms with E-state index in [4.69, 9.17) is 28.3 Å². The molecule has 36 heavy (non-hydrogen) atoms. The highest BCUT2D eigenvalue weighted by Crippen LogP contribution is 2.53. The third-order valence-electron chi connectivity index (χ3n) is 8.13. The molecular weight excluding hydrogens is 525 g/mol. The number of Topliss-reactive ketones (excluding diaryl/α,β-unsaturated/α-hetero) is 1. The van der Waals surface area contributed by atoms with Crippen molar-refractivity contribution >= 4 is 58.6 Å². The second kappa shape index (κ2) is 10.9. The molecule has 1 aromatic rings. The van der Waals surface area contributed by atoms with Crippen molar-refractivity contribution in [1.82, 2.24) is 5.32 Å². The summed E-state index contributed by atoms with van der Waals surface area (Å²) >= 11 is 14.8. The summed E-state index contributed by atoms with van der Waals surface area (Å²) in [5.74, 6) is -2.61. The predicted octanol–water partition coefficient (Wildman–Crippen LogP) is 5.62. The maximum Gasteiger partial charge on any atom is 0.326 e. The third-order valence-corrected chi connectivity index (χ3v) is 10.4. The Morgan fingerprint density at radius 2 is 1.83 bits per heavy atom. The van der Waals surface area contributed by atoms with E-state index in [1.165, 1.54) is 0 Å². The zero-order chi connectivity index (χ0) is 26.2. The molecule has 7 nitrogen and oxygen atoms in total. The first-order chi connectivity index (χ1) is 17.0. The number of rotatable bonds is 9. The second-order valence-electron chi connectivity index (χ2n) is 10.5. The Morgan fingerprint density at radius 3 is 2.47 bits per heavy atom. The molecule has 10 heteroatoms. The molecule has 1 amide bonds. The van der Waals surface area contributed by atoms with Crippen molar-refractivity contribution in [2.45, 2.75) is 87.3 Å².